The van der Waals surface area contributed by atoms with Crippen molar-refractivity contribution in [3.8, 4) is 11.5 Å². The number of anilines is 2. The molecule has 0 saturated carbocycles. The minimum absolute atomic E-state index is 0.0562. The van der Waals surface area contributed by atoms with E-state index in [1.54, 1.807) is 37.3 Å². The van der Waals surface area contributed by atoms with Gasteiger partial charge < -0.3 is 15.2 Å². The fraction of sp³-hybridized carbons (Fsp3) is 0.211. The third-order valence-electron chi connectivity index (χ3n) is 4.00. The highest BCUT2D eigenvalue weighted by Gasteiger charge is 2.28. The van der Waals surface area contributed by atoms with Gasteiger partial charge >= 0.3 is 0 Å². The number of rotatable bonds is 5. The first-order chi connectivity index (χ1) is 12.5. The number of carbonyl (C=O) groups is 3. The molecule has 0 unspecified atom stereocenters. The summed E-state index contributed by atoms with van der Waals surface area (Å²) in [7, 11) is 0. The predicted octanol–water partition coefficient (Wildman–Crippen LogP) is 2.35. The van der Waals surface area contributed by atoms with Crippen LogP contribution in [0.3, 0.4) is 0 Å². The molecular weight excluding hydrogens is 336 g/mol. The van der Waals surface area contributed by atoms with Crippen LogP contribution in [0.2, 0.25) is 0 Å². The lowest BCUT2D eigenvalue weighted by Gasteiger charge is -2.29. The zero-order valence-electron chi connectivity index (χ0n) is 14.2. The molecular formula is C19H18N2O5. The summed E-state index contributed by atoms with van der Waals surface area (Å²) in [6.45, 7) is 1.38. The molecule has 7 nitrogen and oxygen atoms in total. The van der Waals surface area contributed by atoms with Crippen molar-refractivity contribution in [2.24, 2.45) is 0 Å². The Labute approximate surface area is 150 Å². The predicted molar refractivity (Wildman–Crippen MR) is 95.6 cm³/mol. The van der Waals surface area contributed by atoms with Crippen molar-refractivity contribution in [2.75, 3.05) is 23.4 Å². The Hall–Kier alpha value is -3.35. The largest absolute Gasteiger partial charge is 0.508 e. The van der Waals surface area contributed by atoms with Crippen LogP contribution in [0.4, 0.5) is 11.4 Å². The van der Waals surface area contributed by atoms with Crippen molar-refractivity contribution in [3.63, 3.8) is 0 Å². The van der Waals surface area contributed by atoms with Gasteiger partial charge in [-0.2, -0.15) is 0 Å². The van der Waals surface area contributed by atoms with Gasteiger partial charge in [0, 0.05) is 17.7 Å². The van der Waals surface area contributed by atoms with Crippen LogP contribution in [0.1, 0.15) is 23.7 Å². The maximum Gasteiger partial charge on any atom is 0.265 e. The minimum atomic E-state index is -0.399. The van der Waals surface area contributed by atoms with Gasteiger partial charge in [0.25, 0.3) is 5.91 Å². The third kappa shape index (κ3) is 3.66. The first kappa shape index (κ1) is 17.5. The summed E-state index contributed by atoms with van der Waals surface area (Å²) in [4.78, 5) is 37.8. The monoisotopic (exact) mass is 354 g/mol. The number of fused-ring (bicyclic) bond motifs is 1. The average Bonchev–Trinajstić information content (AvgIpc) is 2.65. The van der Waals surface area contributed by atoms with E-state index < -0.39 is 5.91 Å². The van der Waals surface area contributed by atoms with Crippen LogP contribution in [0, 0.1) is 0 Å². The number of nitrogens with zero attached hydrogens (tertiary/aromatic N) is 1. The number of benzene rings is 2. The number of amides is 2. The molecule has 0 radical (unpaired) electrons. The van der Waals surface area contributed by atoms with E-state index in [0.29, 0.717) is 29.1 Å². The molecule has 26 heavy (non-hydrogen) atoms. The van der Waals surface area contributed by atoms with Crippen LogP contribution < -0.4 is 15.0 Å². The molecule has 1 aliphatic rings. The lowest BCUT2D eigenvalue weighted by molar-refractivity contribution is -0.123. The highest BCUT2D eigenvalue weighted by molar-refractivity contribution is 6.06. The Kier molecular flexibility index (Phi) is 4.88. The van der Waals surface area contributed by atoms with E-state index in [1.165, 1.54) is 17.0 Å². The van der Waals surface area contributed by atoms with Crippen molar-refractivity contribution >= 4 is 29.0 Å². The smallest absolute Gasteiger partial charge is 0.265 e. The summed E-state index contributed by atoms with van der Waals surface area (Å²) in [5.41, 5.74) is 1.37. The molecule has 2 N–H and O–H groups in total. The number of nitrogens with one attached hydrogen (secondary N) is 1. The molecule has 0 atom stereocenters. The SMILES string of the molecule is CCC(=O)c1ccc2c(c1)N(CC(=O)Nc1ccc(O)cc1)C(=O)CO2. The molecule has 0 bridgehead atoms. The van der Waals surface area contributed by atoms with E-state index in [9.17, 15) is 19.5 Å². The van der Waals surface area contributed by atoms with Crippen molar-refractivity contribution in [1.82, 2.24) is 0 Å². The Morgan fingerprint density at radius 1 is 1.19 bits per heavy atom. The van der Waals surface area contributed by atoms with E-state index >= 15 is 0 Å². The number of Topliss-reactive ketones (excluding diaryl/α,β-unsaturated/α-hetero) is 1. The molecule has 0 spiro atoms. The third-order valence-corrected chi connectivity index (χ3v) is 4.00. The summed E-state index contributed by atoms with van der Waals surface area (Å²) in [6, 6.07) is 10.9. The van der Waals surface area contributed by atoms with Gasteiger partial charge in [0.1, 0.15) is 18.0 Å². The number of ketones is 1. The molecule has 7 heteroatoms. The van der Waals surface area contributed by atoms with Crippen LogP contribution in [0.25, 0.3) is 0 Å². The van der Waals surface area contributed by atoms with Crippen molar-refractivity contribution in [1.29, 1.82) is 0 Å². The van der Waals surface area contributed by atoms with E-state index in [1.807, 2.05) is 0 Å². The zero-order chi connectivity index (χ0) is 18.7. The Morgan fingerprint density at radius 2 is 1.92 bits per heavy atom. The van der Waals surface area contributed by atoms with Crippen molar-refractivity contribution in [2.45, 2.75) is 13.3 Å². The lowest BCUT2D eigenvalue weighted by Crippen LogP contribution is -2.43. The molecule has 3 rings (SSSR count). The van der Waals surface area contributed by atoms with Gasteiger partial charge in [-0.1, -0.05) is 6.92 Å². The van der Waals surface area contributed by atoms with E-state index in [4.69, 9.17) is 4.74 Å². The second-order valence-electron chi connectivity index (χ2n) is 5.82. The van der Waals surface area contributed by atoms with Gasteiger partial charge in [0.15, 0.2) is 12.4 Å². The highest BCUT2D eigenvalue weighted by Crippen LogP contribution is 2.33. The lowest BCUT2D eigenvalue weighted by atomic mass is 10.1. The van der Waals surface area contributed by atoms with Crippen LogP contribution in [-0.4, -0.2) is 35.9 Å². The molecule has 2 amide bonds. The second kappa shape index (κ2) is 7.26. The zero-order valence-corrected chi connectivity index (χ0v) is 14.2. The highest BCUT2D eigenvalue weighted by atomic mass is 16.5. The summed E-state index contributed by atoms with van der Waals surface area (Å²) >= 11 is 0. The molecule has 2 aromatic carbocycles. The summed E-state index contributed by atoms with van der Waals surface area (Å²) in [5, 5.41) is 11.9. The summed E-state index contributed by atoms with van der Waals surface area (Å²) in [5.74, 6) is -0.272. The number of phenolic OH excluding ortho intramolecular Hbond substituents is 1. The van der Waals surface area contributed by atoms with Crippen LogP contribution in [0.5, 0.6) is 11.5 Å². The number of phenols is 1. The van der Waals surface area contributed by atoms with Crippen LogP contribution in [-0.2, 0) is 9.59 Å². The summed E-state index contributed by atoms with van der Waals surface area (Å²) in [6.07, 6.45) is 0.342. The van der Waals surface area contributed by atoms with E-state index in [2.05, 4.69) is 5.32 Å². The number of hydrogen-bond donors (Lipinski definition) is 2. The van der Waals surface area contributed by atoms with Gasteiger partial charge in [-0.05, 0) is 42.5 Å². The molecule has 0 aliphatic carbocycles. The van der Waals surface area contributed by atoms with Crippen molar-refractivity contribution in [3.05, 3.63) is 48.0 Å². The fourth-order valence-corrected chi connectivity index (χ4v) is 2.64. The number of aromatic hydroxyl groups is 1. The molecule has 1 heterocycles. The average molecular weight is 354 g/mol. The number of ether oxygens (including phenoxy) is 1. The Balaban J connectivity index is 1.81. The van der Waals surface area contributed by atoms with Crippen LogP contribution in [0.15, 0.2) is 42.5 Å². The van der Waals surface area contributed by atoms with Gasteiger partial charge in [0.2, 0.25) is 5.91 Å². The van der Waals surface area contributed by atoms with Gasteiger partial charge in [-0.25, -0.2) is 0 Å². The normalized spacial score (nSPS) is 13.0. The number of hydrogen-bond acceptors (Lipinski definition) is 5. The van der Waals surface area contributed by atoms with Crippen molar-refractivity contribution < 1.29 is 24.2 Å². The Bertz CT molecular complexity index is 861. The van der Waals surface area contributed by atoms with E-state index in [0.717, 1.165) is 0 Å². The molecule has 0 saturated heterocycles. The standard InChI is InChI=1S/C19H18N2O5/c1-2-16(23)12-3-8-17-15(9-12)21(19(25)11-26-17)10-18(24)20-13-4-6-14(22)7-5-13/h3-9,22H,2,10-11H2,1H3,(H,20,24). The minimum Gasteiger partial charge on any atom is -0.508 e. The maximum atomic E-state index is 12.3. The first-order valence-corrected chi connectivity index (χ1v) is 8.17. The first-order valence-electron chi connectivity index (χ1n) is 8.17. The molecule has 1 aliphatic heterocycles. The topological polar surface area (TPSA) is 95.9 Å². The van der Waals surface area contributed by atoms with Gasteiger partial charge in [0.05, 0.1) is 5.69 Å². The molecule has 134 valence electrons. The van der Waals surface area contributed by atoms with Gasteiger partial charge in [-0.3, -0.25) is 19.3 Å². The number of carbonyl (C=O) groups excluding carboxylic acids is 3. The van der Waals surface area contributed by atoms with E-state index in [-0.39, 0.29) is 30.6 Å². The second-order valence-corrected chi connectivity index (χ2v) is 5.82. The fourth-order valence-electron chi connectivity index (χ4n) is 2.64. The molecule has 0 aromatic heterocycles. The molecule has 0 fully saturated rings. The summed E-state index contributed by atoms with van der Waals surface area (Å²) < 4.78 is 5.39. The van der Waals surface area contributed by atoms with Crippen LogP contribution >= 0.6 is 0 Å². The molecule has 2 aromatic rings. The maximum absolute atomic E-state index is 12.3. The quantitative estimate of drug-likeness (QED) is 0.635. The van der Waals surface area contributed by atoms with Gasteiger partial charge in [-0.15, -0.1) is 0 Å². The Morgan fingerprint density at radius 3 is 2.62 bits per heavy atom.